The maximum atomic E-state index is 12.8. The molecule has 1 fully saturated rings. The molecule has 0 bridgehead atoms. The lowest BCUT2D eigenvalue weighted by Gasteiger charge is -2.28. The number of hydrogen-bond acceptors (Lipinski definition) is 4. The van der Waals surface area contributed by atoms with E-state index in [1.807, 2.05) is 12.1 Å². The molecule has 0 radical (unpaired) electrons. The smallest absolute Gasteiger partial charge is 0.261 e. The number of nitrogens with one attached hydrogen (secondary N) is 1. The van der Waals surface area contributed by atoms with Crippen LogP contribution >= 0.6 is 11.3 Å². The fourth-order valence-electron chi connectivity index (χ4n) is 4.24. The van der Waals surface area contributed by atoms with E-state index in [0.29, 0.717) is 6.54 Å². The minimum absolute atomic E-state index is 0.0708. The molecule has 4 rings (SSSR count). The maximum Gasteiger partial charge on any atom is 0.261 e. The Hall–Kier alpha value is -1.85. The highest BCUT2D eigenvalue weighted by Crippen LogP contribution is 2.30. The van der Waals surface area contributed by atoms with E-state index in [9.17, 15) is 4.79 Å². The monoisotopic (exact) mass is 384 g/mol. The fourth-order valence-corrected chi connectivity index (χ4v) is 5.41. The van der Waals surface area contributed by atoms with Crippen molar-refractivity contribution in [3.63, 3.8) is 0 Å². The average Bonchev–Trinajstić information content (AvgIpc) is 3.38. The van der Waals surface area contributed by atoms with Crippen LogP contribution in [0.25, 0.3) is 0 Å². The van der Waals surface area contributed by atoms with Gasteiger partial charge in [0.05, 0.1) is 18.0 Å². The molecular formula is C22H28N2O2S. The average molecular weight is 385 g/mol. The lowest BCUT2D eigenvalue weighted by atomic mass is 9.99. The van der Waals surface area contributed by atoms with E-state index in [4.69, 9.17) is 4.74 Å². The zero-order valence-electron chi connectivity index (χ0n) is 16.0. The minimum atomic E-state index is 0.0708. The quantitative estimate of drug-likeness (QED) is 0.811. The van der Waals surface area contributed by atoms with Crippen LogP contribution in [0, 0.1) is 0 Å². The maximum absolute atomic E-state index is 12.8. The molecule has 1 amide bonds. The van der Waals surface area contributed by atoms with Gasteiger partial charge in [-0.2, -0.15) is 0 Å². The molecule has 1 saturated heterocycles. The van der Waals surface area contributed by atoms with Crippen molar-refractivity contribution in [2.45, 2.75) is 44.6 Å². The zero-order valence-corrected chi connectivity index (χ0v) is 16.8. The molecule has 2 heterocycles. The summed E-state index contributed by atoms with van der Waals surface area (Å²) in [6.07, 6.45) is 7.21. The molecule has 1 aromatic heterocycles. The molecule has 4 nitrogen and oxygen atoms in total. The van der Waals surface area contributed by atoms with Gasteiger partial charge in [0, 0.05) is 11.4 Å². The predicted octanol–water partition coefficient (Wildman–Crippen LogP) is 4.20. The number of ether oxygens (including phenoxy) is 1. The SMILES string of the molecule is COc1cccc(C(CNC(=O)c2cc3c(s2)CCCC3)N2CCCC2)c1. The number of hydrogen-bond donors (Lipinski definition) is 1. The lowest BCUT2D eigenvalue weighted by molar-refractivity contribution is 0.0942. The van der Waals surface area contributed by atoms with Gasteiger partial charge in [-0.15, -0.1) is 11.3 Å². The predicted molar refractivity (Wildman–Crippen MR) is 110 cm³/mol. The van der Waals surface area contributed by atoms with Crippen LogP contribution in [0.15, 0.2) is 30.3 Å². The molecule has 0 saturated carbocycles. The van der Waals surface area contributed by atoms with Gasteiger partial charge in [0.25, 0.3) is 5.91 Å². The molecule has 2 aliphatic rings. The van der Waals surface area contributed by atoms with Crippen LogP contribution in [0.3, 0.4) is 0 Å². The van der Waals surface area contributed by atoms with Crippen LogP contribution in [-0.4, -0.2) is 37.6 Å². The summed E-state index contributed by atoms with van der Waals surface area (Å²) in [6.45, 7) is 2.81. The first-order chi connectivity index (χ1) is 13.2. The summed E-state index contributed by atoms with van der Waals surface area (Å²) in [4.78, 5) is 17.6. The second-order valence-electron chi connectivity index (χ2n) is 7.51. The normalized spacial score (nSPS) is 18.1. The standard InChI is InChI=1S/C22H28N2O2S/c1-26-18-9-6-8-16(13-18)19(24-11-4-5-12-24)15-23-22(25)21-14-17-7-2-3-10-20(17)27-21/h6,8-9,13-14,19H,2-5,7,10-12,15H2,1H3,(H,23,25). The third kappa shape index (κ3) is 4.19. The van der Waals surface area contributed by atoms with E-state index in [0.717, 1.165) is 36.6 Å². The van der Waals surface area contributed by atoms with Crippen molar-refractivity contribution in [1.29, 1.82) is 0 Å². The molecule has 1 aromatic carbocycles. The third-order valence-electron chi connectivity index (χ3n) is 5.74. The summed E-state index contributed by atoms with van der Waals surface area (Å²) < 4.78 is 5.40. The van der Waals surface area contributed by atoms with Crippen LogP contribution in [-0.2, 0) is 12.8 Å². The van der Waals surface area contributed by atoms with E-state index < -0.39 is 0 Å². The molecule has 1 atom stereocenters. The summed E-state index contributed by atoms with van der Waals surface area (Å²) >= 11 is 1.68. The number of benzene rings is 1. The number of aryl methyl sites for hydroxylation is 2. The van der Waals surface area contributed by atoms with E-state index in [2.05, 4.69) is 28.4 Å². The molecule has 27 heavy (non-hydrogen) atoms. The second-order valence-corrected chi connectivity index (χ2v) is 8.65. The van der Waals surface area contributed by atoms with Crippen molar-refractivity contribution in [2.24, 2.45) is 0 Å². The summed E-state index contributed by atoms with van der Waals surface area (Å²) in [5.41, 5.74) is 2.60. The Labute approximate surface area is 165 Å². The topological polar surface area (TPSA) is 41.6 Å². The Bertz CT molecular complexity index is 772. The van der Waals surface area contributed by atoms with Crippen molar-refractivity contribution in [3.05, 3.63) is 51.2 Å². The largest absolute Gasteiger partial charge is 0.497 e. The molecule has 144 valence electrons. The number of likely N-dealkylation sites (tertiary alicyclic amines) is 1. The molecule has 0 spiro atoms. The Morgan fingerprint density at radius 2 is 2.00 bits per heavy atom. The van der Waals surface area contributed by atoms with Crippen LogP contribution in [0.4, 0.5) is 0 Å². The first kappa shape index (κ1) is 18.5. The van der Waals surface area contributed by atoms with Crippen LogP contribution < -0.4 is 10.1 Å². The van der Waals surface area contributed by atoms with Gasteiger partial charge in [-0.25, -0.2) is 0 Å². The van der Waals surface area contributed by atoms with Crippen LogP contribution in [0.2, 0.25) is 0 Å². The van der Waals surface area contributed by atoms with E-state index in [1.165, 1.54) is 41.7 Å². The highest BCUT2D eigenvalue weighted by atomic mass is 32.1. The minimum Gasteiger partial charge on any atom is -0.497 e. The number of carbonyl (C=O) groups is 1. The van der Waals surface area contributed by atoms with Gasteiger partial charge in [-0.1, -0.05) is 12.1 Å². The molecule has 5 heteroatoms. The molecule has 1 aliphatic carbocycles. The van der Waals surface area contributed by atoms with Gasteiger partial charge in [-0.3, -0.25) is 9.69 Å². The zero-order chi connectivity index (χ0) is 18.6. The van der Waals surface area contributed by atoms with Crippen LogP contribution in [0.5, 0.6) is 5.75 Å². The summed E-state index contributed by atoms with van der Waals surface area (Å²) in [6, 6.07) is 10.6. The Morgan fingerprint density at radius 1 is 1.19 bits per heavy atom. The lowest BCUT2D eigenvalue weighted by Crippen LogP contribution is -2.36. The van der Waals surface area contributed by atoms with E-state index >= 15 is 0 Å². The van der Waals surface area contributed by atoms with Crippen molar-refractivity contribution in [3.8, 4) is 5.75 Å². The summed E-state index contributed by atoms with van der Waals surface area (Å²) in [7, 11) is 1.70. The Balaban J connectivity index is 1.48. The highest BCUT2D eigenvalue weighted by Gasteiger charge is 2.25. The van der Waals surface area contributed by atoms with Crippen molar-refractivity contribution in [2.75, 3.05) is 26.7 Å². The molecule has 1 aliphatic heterocycles. The summed E-state index contributed by atoms with van der Waals surface area (Å²) in [5, 5.41) is 3.21. The first-order valence-corrected chi connectivity index (χ1v) is 10.8. The third-order valence-corrected chi connectivity index (χ3v) is 6.97. The number of fused-ring (bicyclic) bond motifs is 1. The Kier molecular flexibility index (Phi) is 5.79. The highest BCUT2D eigenvalue weighted by molar-refractivity contribution is 7.14. The number of amides is 1. The van der Waals surface area contributed by atoms with Gasteiger partial charge in [0.1, 0.15) is 5.75 Å². The molecule has 2 aromatic rings. The molecular weight excluding hydrogens is 356 g/mol. The van der Waals surface area contributed by atoms with Crippen molar-refractivity contribution < 1.29 is 9.53 Å². The van der Waals surface area contributed by atoms with Gasteiger partial charge in [0.15, 0.2) is 0 Å². The number of methoxy groups -OCH3 is 1. The van der Waals surface area contributed by atoms with Gasteiger partial charge in [0.2, 0.25) is 0 Å². The van der Waals surface area contributed by atoms with E-state index in [1.54, 1.807) is 18.4 Å². The van der Waals surface area contributed by atoms with E-state index in [-0.39, 0.29) is 11.9 Å². The second kappa shape index (κ2) is 8.44. The summed E-state index contributed by atoms with van der Waals surface area (Å²) in [5.74, 6) is 0.940. The number of nitrogens with zero attached hydrogens (tertiary/aromatic N) is 1. The van der Waals surface area contributed by atoms with Crippen LogP contribution in [0.1, 0.15) is 57.4 Å². The number of rotatable bonds is 6. The number of carbonyl (C=O) groups excluding carboxylic acids is 1. The molecule has 1 unspecified atom stereocenters. The Morgan fingerprint density at radius 3 is 2.78 bits per heavy atom. The van der Waals surface area contributed by atoms with Gasteiger partial charge >= 0.3 is 0 Å². The van der Waals surface area contributed by atoms with Gasteiger partial charge < -0.3 is 10.1 Å². The van der Waals surface area contributed by atoms with Crippen molar-refractivity contribution in [1.82, 2.24) is 10.2 Å². The molecule has 1 N–H and O–H groups in total. The fraction of sp³-hybridized carbons (Fsp3) is 0.500. The van der Waals surface area contributed by atoms with Crippen molar-refractivity contribution >= 4 is 17.2 Å². The number of thiophene rings is 1. The van der Waals surface area contributed by atoms with Gasteiger partial charge in [-0.05, 0) is 80.9 Å². The first-order valence-electron chi connectivity index (χ1n) is 10.0.